The van der Waals surface area contributed by atoms with Crippen molar-refractivity contribution in [1.82, 2.24) is 0 Å². The maximum atomic E-state index is 5.96. The van der Waals surface area contributed by atoms with Gasteiger partial charge in [-0.2, -0.15) is 0 Å². The van der Waals surface area contributed by atoms with Gasteiger partial charge < -0.3 is 19.9 Å². The van der Waals surface area contributed by atoms with E-state index in [0.717, 1.165) is 18.8 Å². The van der Waals surface area contributed by atoms with E-state index in [1.54, 1.807) is 0 Å². The van der Waals surface area contributed by atoms with E-state index in [-0.39, 0.29) is 12.1 Å². The van der Waals surface area contributed by atoms with E-state index < -0.39 is 0 Å². The molecule has 0 amide bonds. The molecule has 0 aromatic rings. The lowest BCUT2D eigenvalue weighted by molar-refractivity contribution is -0.0969. The summed E-state index contributed by atoms with van der Waals surface area (Å²) in [6.07, 6.45) is 2.94. The third-order valence-corrected chi connectivity index (χ3v) is 2.30. The van der Waals surface area contributed by atoms with Crippen molar-refractivity contribution in [2.45, 2.75) is 18.6 Å². The van der Waals surface area contributed by atoms with Crippen LogP contribution in [0.5, 0.6) is 0 Å². The van der Waals surface area contributed by atoms with E-state index in [2.05, 4.69) is 0 Å². The van der Waals surface area contributed by atoms with Crippen LogP contribution in [0.25, 0.3) is 0 Å². The molecule has 2 N–H and O–H groups in total. The first-order valence-corrected chi connectivity index (χ1v) is 4.66. The Morgan fingerprint density at radius 1 is 1.38 bits per heavy atom. The molecule has 2 unspecified atom stereocenters. The van der Waals surface area contributed by atoms with Gasteiger partial charge in [-0.05, 0) is 6.08 Å². The quantitative estimate of drug-likeness (QED) is 0.659. The van der Waals surface area contributed by atoms with Crippen LogP contribution in [-0.4, -0.2) is 38.6 Å². The van der Waals surface area contributed by atoms with Crippen molar-refractivity contribution in [3.8, 4) is 0 Å². The van der Waals surface area contributed by atoms with E-state index >= 15 is 0 Å². The predicted octanol–water partition coefficient (Wildman–Crippen LogP) is 0.0333. The van der Waals surface area contributed by atoms with Crippen LogP contribution in [-0.2, 0) is 14.2 Å². The Labute approximate surface area is 77.6 Å². The molecule has 1 saturated heterocycles. The van der Waals surface area contributed by atoms with Gasteiger partial charge in [0.2, 0.25) is 0 Å². The Morgan fingerprint density at radius 2 is 2.31 bits per heavy atom. The van der Waals surface area contributed by atoms with Crippen LogP contribution in [0.3, 0.4) is 0 Å². The zero-order valence-corrected chi connectivity index (χ0v) is 7.57. The van der Waals surface area contributed by atoms with Gasteiger partial charge in [0, 0.05) is 6.42 Å². The highest BCUT2D eigenvalue weighted by Gasteiger charge is 2.27. The van der Waals surface area contributed by atoms with Gasteiger partial charge in [0.25, 0.3) is 0 Å². The molecule has 4 heteroatoms. The first kappa shape index (κ1) is 8.99. The number of rotatable bonds is 2. The summed E-state index contributed by atoms with van der Waals surface area (Å²) in [7, 11) is 0. The highest BCUT2D eigenvalue weighted by molar-refractivity contribution is 5.08. The van der Waals surface area contributed by atoms with Crippen LogP contribution in [0.1, 0.15) is 6.42 Å². The Hall–Kier alpha value is -0.580. The van der Waals surface area contributed by atoms with E-state index in [1.807, 2.05) is 6.08 Å². The third kappa shape index (κ3) is 2.02. The number of nitrogens with two attached hydrogens (primary N) is 1. The molecule has 0 aromatic carbocycles. The van der Waals surface area contributed by atoms with Crippen molar-refractivity contribution in [2.24, 2.45) is 5.73 Å². The molecule has 4 nitrogen and oxygen atoms in total. The maximum absolute atomic E-state index is 5.96. The monoisotopic (exact) mass is 185 g/mol. The smallest absolute Gasteiger partial charge is 0.112 e. The maximum Gasteiger partial charge on any atom is 0.112 e. The van der Waals surface area contributed by atoms with E-state index in [4.69, 9.17) is 19.9 Å². The lowest BCUT2D eigenvalue weighted by Gasteiger charge is -2.28. The average molecular weight is 185 g/mol. The number of ether oxygens (including phenoxy) is 3. The molecule has 2 aliphatic heterocycles. The van der Waals surface area contributed by atoms with Crippen molar-refractivity contribution in [1.29, 1.82) is 0 Å². The Balaban J connectivity index is 1.90. The van der Waals surface area contributed by atoms with Crippen LogP contribution in [0, 0.1) is 0 Å². The fraction of sp³-hybridized carbons (Fsp3) is 0.778. The molecular formula is C9H15NO3. The number of hydrogen-bond donors (Lipinski definition) is 1. The molecule has 1 fully saturated rings. The normalized spacial score (nSPS) is 30.8. The first-order valence-electron chi connectivity index (χ1n) is 4.66. The zero-order valence-electron chi connectivity index (χ0n) is 7.57. The standard InChI is InChI=1S/C9H15NO3/c10-9(7-2-1-3-12-7)8-6-11-4-5-13-8/h2,8-9H,1,3-6,10H2. The van der Waals surface area contributed by atoms with Gasteiger partial charge in [0.05, 0.1) is 32.5 Å². The summed E-state index contributed by atoms with van der Waals surface area (Å²) >= 11 is 0. The Kier molecular flexibility index (Phi) is 2.83. The van der Waals surface area contributed by atoms with Crippen molar-refractivity contribution in [2.75, 3.05) is 26.4 Å². The van der Waals surface area contributed by atoms with Gasteiger partial charge >= 0.3 is 0 Å². The molecule has 74 valence electrons. The van der Waals surface area contributed by atoms with E-state index in [0.29, 0.717) is 19.8 Å². The molecule has 2 rings (SSSR count). The summed E-state index contributed by atoms with van der Waals surface area (Å²) in [4.78, 5) is 0. The SMILES string of the molecule is NC(C1=CCCO1)C1COCCO1. The molecule has 2 atom stereocenters. The minimum atomic E-state index is -0.164. The van der Waals surface area contributed by atoms with Gasteiger partial charge in [-0.1, -0.05) is 0 Å². The molecule has 0 radical (unpaired) electrons. The van der Waals surface area contributed by atoms with E-state index in [9.17, 15) is 0 Å². The van der Waals surface area contributed by atoms with Crippen molar-refractivity contribution in [3.05, 3.63) is 11.8 Å². The minimum absolute atomic E-state index is 0.0434. The van der Waals surface area contributed by atoms with Crippen LogP contribution in [0.2, 0.25) is 0 Å². The summed E-state index contributed by atoms with van der Waals surface area (Å²) in [5.74, 6) is 0.857. The molecule has 0 aromatic heterocycles. The summed E-state index contributed by atoms with van der Waals surface area (Å²) < 4.78 is 16.1. The fourth-order valence-corrected chi connectivity index (χ4v) is 1.57. The molecule has 0 aliphatic carbocycles. The molecule has 0 saturated carbocycles. The van der Waals surface area contributed by atoms with Gasteiger partial charge in [-0.3, -0.25) is 0 Å². The lowest BCUT2D eigenvalue weighted by Crippen LogP contribution is -2.44. The predicted molar refractivity (Wildman–Crippen MR) is 47.2 cm³/mol. The molecule has 0 bridgehead atoms. The highest BCUT2D eigenvalue weighted by atomic mass is 16.6. The van der Waals surface area contributed by atoms with Crippen LogP contribution >= 0.6 is 0 Å². The third-order valence-electron chi connectivity index (χ3n) is 2.30. The van der Waals surface area contributed by atoms with Crippen molar-refractivity contribution in [3.63, 3.8) is 0 Å². The molecule has 0 spiro atoms. The van der Waals surface area contributed by atoms with Crippen LogP contribution < -0.4 is 5.73 Å². The summed E-state index contributed by atoms with van der Waals surface area (Å²) in [6, 6.07) is -0.164. The average Bonchev–Trinajstić information content (AvgIpc) is 2.71. The second-order valence-corrected chi connectivity index (χ2v) is 3.25. The van der Waals surface area contributed by atoms with Crippen molar-refractivity contribution < 1.29 is 14.2 Å². The first-order chi connectivity index (χ1) is 6.38. The van der Waals surface area contributed by atoms with Gasteiger partial charge in [0.15, 0.2) is 0 Å². The second kappa shape index (κ2) is 4.09. The fourth-order valence-electron chi connectivity index (χ4n) is 1.57. The van der Waals surface area contributed by atoms with Crippen molar-refractivity contribution >= 4 is 0 Å². The zero-order chi connectivity index (χ0) is 9.10. The Morgan fingerprint density at radius 3 is 2.92 bits per heavy atom. The van der Waals surface area contributed by atoms with Crippen LogP contribution in [0.15, 0.2) is 11.8 Å². The Bertz CT molecular complexity index is 199. The van der Waals surface area contributed by atoms with E-state index in [1.165, 1.54) is 0 Å². The topological polar surface area (TPSA) is 53.7 Å². The lowest BCUT2D eigenvalue weighted by atomic mass is 10.1. The van der Waals surface area contributed by atoms with Gasteiger partial charge in [-0.15, -0.1) is 0 Å². The molecule has 2 heterocycles. The number of hydrogen-bond acceptors (Lipinski definition) is 4. The largest absolute Gasteiger partial charge is 0.496 e. The van der Waals surface area contributed by atoms with Gasteiger partial charge in [-0.25, -0.2) is 0 Å². The van der Waals surface area contributed by atoms with Gasteiger partial charge in [0.1, 0.15) is 11.9 Å². The minimum Gasteiger partial charge on any atom is -0.496 e. The highest BCUT2D eigenvalue weighted by Crippen LogP contribution is 2.17. The molecule has 2 aliphatic rings. The molecular weight excluding hydrogens is 170 g/mol. The summed E-state index contributed by atoms with van der Waals surface area (Å²) in [5.41, 5.74) is 5.96. The molecule has 13 heavy (non-hydrogen) atoms. The summed E-state index contributed by atoms with van der Waals surface area (Å²) in [5, 5.41) is 0. The second-order valence-electron chi connectivity index (χ2n) is 3.25. The summed E-state index contributed by atoms with van der Waals surface area (Å²) in [6.45, 7) is 2.62. The van der Waals surface area contributed by atoms with Crippen LogP contribution in [0.4, 0.5) is 0 Å².